The molecule has 1 aliphatic heterocycles. The van der Waals surface area contributed by atoms with Crippen molar-refractivity contribution in [2.75, 3.05) is 51.1 Å². The molecule has 4 rings (SSSR count). The molecule has 2 aromatic carbocycles. The van der Waals surface area contributed by atoms with Crippen LogP contribution < -0.4 is 20.1 Å². The Morgan fingerprint density at radius 3 is 2.56 bits per heavy atom. The van der Waals surface area contributed by atoms with E-state index < -0.39 is 12.1 Å². The Labute approximate surface area is 283 Å². The summed E-state index contributed by atoms with van der Waals surface area (Å²) in [6.07, 6.45) is 2.25. The van der Waals surface area contributed by atoms with Crippen LogP contribution in [0.25, 0.3) is 0 Å². The van der Waals surface area contributed by atoms with E-state index >= 15 is 0 Å². The van der Waals surface area contributed by atoms with Gasteiger partial charge in [-0.15, -0.1) is 0 Å². The van der Waals surface area contributed by atoms with Crippen molar-refractivity contribution < 1.29 is 33.4 Å². The molecule has 2 heterocycles. The van der Waals surface area contributed by atoms with E-state index in [1.165, 1.54) is 0 Å². The third-order valence-corrected chi connectivity index (χ3v) is 8.68. The molecule has 1 aromatic heterocycles. The maximum Gasteiger partial charge on any atom is 0.323 e. The van der Waals surface area contributed by atoms with Crippen molar-refractivity contribution in [1.29, 1.82) is 0 Å². The first-order valence-corrected chi connectivity index (χ1v) is 16.7. The normalized spacial score (nSPS) is 20.0. The molecule has 3 amide bonds. The van der Waals surface area contributed by atoms with Gasteiger partial charge < -0.3 is 39.4 Å². The van der Waals surface area contributed by atoms with Gasteiger partial charge in [0.2, 0.25) is 0 Å². The molecule has 0 saturated carbocycles. The fraction of sp³-hybridized carbons (Fsp3) is 0.528. The number of carbonyl (C=O) groups excluding carboxylic acids is 2. The van der Waals surface area contributed by atoms with Gasteiger partial charge in [0.15, 0.2) is 5.76 Å². The molecule has 1 aliphatic rings. The van der Waals surface area contributed by atoms with Gasteiger partial charge in [-0.3, -0.25) is 9.69 Å². The number of urea groups is 1. The van der Waals surface area contributed by atoms with Crippen molar-refractivity contribution in [2.45, 2.75) is 78.7 Å². The van der Waals surface area contributed by atoms with E-state index in [9.17, 15) is 14.7 Å². The zero-order chi connectivity index (χ0) is 34.8. The maximum atomic E-state index is 14.4. The number of nitrogens with one attached hydrogen (secondary N) is 2. The van der Waals surface area contributed by atoms with Gasteiger partial charge in [-0.25, -0.2) is 4.79 Å². The van der Waals surface area contributed by atoms with E-state index in [1.807, 2.05) is 26.0 Å². The number of benzene rings is 2. The topological polar surface area (TPSA) is 139 Å². The lowest BCUT2D eigenvalue weighted by molar-refractivity contribution is -0.0177. The largest absolute Gasteiger partial charge is 0.497 e. The molecule has 0 aliphatic carbocycles. The minimum Gasteiger partial charge on any atom is -0.497 e. The summed E-state index contributed by atoms with van der Waals surface area (Å²) < 4.78 is 23.3. The molecule has 3 N–H and O–H groups in total. The van der Waals surface area contributed by atoms with Crippen LogP contribution in [0, 0.1) is 19.8 Å². The summed E-state index contributed by atoms with van der Waals surface area (Å²) in [7, 11) is 3.72. The molecule has 4 atom stereocenters. The van der Waals surface area contributed by atoms with Crippen LogP contribution in [0.15, 0.2) is 47.0 Å². The number of aliphatic hydroxyl groups is 1. The summed E-state index contributed by atoms with van der Waals surface area (Å²) in [6, 6.07) is 12.1. The first-order valence-electron chi connectivity index (χ1n) is 16.7. The quantitative estimate of drug-likeness (QED) is 0.256. The molecule has 0 unspecified atom stereocenters. The monoisotopic (exact) mass is 665 g/mol. The number of aliphatic hydroxyl groups excluding tert-OH is 1. The number of ether oxygens (including phenoxy) is 3. The van der Waals surface area contributed by atoms with Crippen LogP contribution >= 0.6 is 0 Å². The van der Waals surface area contributed by atoms with Crippen LogP contribution in [-0.4, -0.2) is 90.7 Å². The molecule has 3 aromatic rings. The molecule has 0 saturated heterocycles. The minimum atomic E-state index is -0.500. The molecule has 12 nitrogen and oxygen atoms in total. The van der Waals surface area contributed by atoms with Crippen molar-refractivity contribution in [3.05, 3.63) is 65.0 Å². The number of likely N-dealkylation sites (N-methyl/N-ethyl adjacent to an activating group) is 1. The first-order chi connectivity index (χ1) is 23.0. The lowest BCUT2D eigenvalue weighted by Crippen LogP contribution is -2.47. The number of hydrogen-bond acceptors (Lipinski definition) is 9. The zero-order valence-electron chi connectivity index (χ0n) is 29.2. The lowest BCUT2D eigenvalue weighted by atomic mass is 10.0. The Bertz CT molecular complexity index is 1470. The van der Waals surface area contributed by atoms with Gasteiger partial charge in [0, 0.05) is 37.8 Å². The average molecular weight is 666 g/mol. The molecule has 0 bridgehead atoms. The number of hydrogen-bond donors (Lipinski definition) is 3. The van der Waals surface area contributed by atoms with Gasteiger partial charge >= 0.3 is 6.03 Å². The smallest absolute Gasteiger partial charge is 0.323 e. The minimum absolute atomic E-state index is 0.0605. The third-order valence-electron chi connectivity index (χ3n) is 8.68. The Kier molecular flexibility index (Phi) is 13.2. The highest BCUT2D eigenvalue weighted by Crippen LogP contribution is 2.29. The fourth-order valence-electron chi connectivity index (χ4n) is 5.81. The number of aromatic nitrogens is 1. The molecule has 12 heteroatoms. The van der Waals surface area contributed by atoms with Gasteiger partial charge in [-0.2, -0.15) is 0 Å². The third kappa shape index (κ3) is 9.94. The molecule has 0 radical (unpaired) electrons. The number of fused-ring (bicyclic) bond motifs is 1. The second kappa shape index (κ2) is 17.3. The number of rotatable bonds is 9. The number of methoxy groups -OCH3 is 1. The molecule has 262 valence electrons. The Morgan fingerprint density at radius 2 is 1.90 bits per heavy atom. The summed E-state index contributed by atoms with van der Waals surface area (Å²) in [6.45, 7) is 11.5. The second-order valence-electron chi connectivity index (χ2n) is 12.8. The Morgan fingerprint density at radius 1 is 1.15 bits per heavy atom. The number of nitrogens with zero attached hydrogens (tertiary/aromatic N) is 3. The van der Waals surface area contributed by atoms with E-state index in [0.717, 1.165) is 37.1 Å². The predicted octanol–water partition coefficient (Wildman–Crippen LogP) is 5.87. The van der Waals surface area contributed by atoms with Crippen LogP contribution in [0.2, 0.25) is 0 Å². The highest BCUT2D eigenvalue weighted by Gasteiger charge is 2.30. The number of anilines is 2. The van der Waals surface area contributed by atoms with E-state index in [0.29, 0.717) is 53.8 Å². The second-order valence-corrected chi connectivity index (χ2v) is 12.8. The van der Waals surface area contributed by atoms with Crippen LogP contribution in [0.4, 0.5) is 16.2 Å². The van der Waals surface area contributed by atoms with Crippen molar-refractivity contribution in [3.63, 3.8) is 0 Å². The standard InChI is InChI=1S/C36H51N5O7/c1-23-19-41(24(2)22-42)35(43)31-18-29(37-36(44)38-34-26(4)39-48-27(34)5)13-16-32(31)47-25(3)10-8-9-17-46-33(23)21-40(6)20-28-11-14-30(45-7)15-12-28/h11-16,18,23-25,33,42H,8-10,17,19-22H2,1-7H3,(H2,37,38,44)/t23-,24+,25+,33+/m1/s1. The number of aryl methyl sites for hydroxylation is 2. The predicted molar refractivity (Wildman–Crippen MR) is 185 cm³/mol. The first kappa shape index (κ1) is 36.7. The van der Waals surface area contributed by atoms with Crippen molar-refractivity contribution >= 4 is 23.3 Å². The van der Waals surface area contributed by atoms with Gasteiger partial charge in [0.1, 0.15) is 22.9 Å². The molecular weight excluding hydrogens is 614 g/mol. The highest BCUT2D eigenvalue weighted by atomic mass is 16.5. The van der Waals surface area contributed by atoms with Crippen LogP contribution in [0.5, 0.6) is 11.5 Å². The van der Waals surface area contributed by atoms with E-state index in [4.69, 9.17) is 18.7 Å². The molecule has 0 spiro atoms. The maximum absolute atomic E-state index is 14.4. The van der Waals surface area contributed by atoms with Crippen molar-refractivity contribution in [1.82, 2.24) is 15.0 Å². The average Bonchev–Trinajstić information content (AvgIpc) is 3.38. The molecule has 48 heavy (non-hydrogen) atoms. The van der Waals surface area contributed by atoms with Gasteiger partial charge in [-0.1, -0.05) is 24.2 Å². The summed E-state index contributed by atoms with van der Waals surface area (Å²) in [5.41, 5.74) is 2.92. The van der Waals surface area contributed by atoms with Crippen LogP contribution in [0.1, 0.15) is 67.4 Å². The fourth-order valence-corrected chi connectivity index (χ4v) is 5.81. The zero-order valence-corrected chi connectivity index (χ0v) is 29.2. The summed E-state index contributed by atoms with van der Waals surface area (Å²) >= 11 is 0. The lowest BCUT2D eigenvalue weighted by Gasteiger charge is -2.36. The van der Waals surface area contributed by atoms with Crippen LogP contribution in [0.3, 0.4) is 0 Å². The van der Waals surface area contributed by atoms with E-state index in [1.54, 1.807) is 44.1 Å². The van der Waals surface area contributed by atoms with Gasteiger partial charge in [0.05, 0.1) is 37.5 Å². The number of amides is 3. The summed E-state index contributed by atoms with van der Waals surface area (Å²) in [5, 5.41) is 19.7. The van der Waals surface area contributed by atoms with Crippen molar-refractivity contribution in [2.24, 2.45) is 5.92 Å². The van der Waals surface area contributed by atoms with Gasteiger partial charge in [0.25, 0.3) is 5.91 Å². The summed E-state index contributed by atoms with van der Waals surface area (Å²) in [5.74, 6) is 1.37. The molecule has 0 fully saturated rings. The summed E-state index contributed by atoms with van der Waals surface area (Å²) in [4.78, 5) is 31.2. The highest BCUT2D eigenvalue weighted by molar-refractivity contribution is 6.03. The van der Waals surface area contributed by atoms with E-state index in [-0.39, 0.29) is 30.6 Å². The number of carbonyl (C=O) groups is 2. The van der Waals surface area contributed by atoms with E-state index in [2.05, 4.69) is 46.8 Å². The van der Waals surface area contributed by atoms with Gasteiger partial charge in [-0.05, 0) is 89.9 Å². The Hall–Kier alpha value is -4.13. The SMILES string of the molecule is COc1ccc(CN(C)C[C@@H]2OCCCC[C@H](C)Oc3ccc(NC(=O)Nc4c(C)noc4C)cc3C(=O)N([C@@H](C)CO)C[C@H]2C)cc1. The van der Waals surface area contributed by atoms with Crippen molar-refractivity contribution in [3.8, 4) is 11.5 Å². The molecular formula is C36H51N5O7. The van der Waals surface area contributed by atoms with Crippen LogP contribution in [-0.2, 0) is 11.3 Å². The Balaban J connectivity index is 1.58.